The highest BCUT2D eigenvalue weighted by Crippen LogP contribution is 2.53. The number of amides is 1. The number of H-pyrrole nitrogens is 1. The van der Waals surface area contributed by atoms with E-state index in [4.69, 9.17) is 5.73 Å². The SMILES string of the molecule is Cc1[nH]nc(N)c1C(=O)NC1C2CC3CC(C2)CC1C3. The lowest BCUT2D eigenvalue weighted by molar-refractivity contribution is -0.0119. The average molecular weight is 274 g/mol. The van der Waals surface area contributed by atoms with Crippen LogP contribution in [0.25, 0.3) is 0 Å². The molecule has 4 aliphatic rings. The third kappa shape index (κ3) is 1.75. The van der Waals surface area contributed by atoms with Gasteiger partial charge in [-0.25, -0.2) is 0 Å². The molecular formula is C15H22N4O. The summed E-state index contributed by atoms with van der Waals surface area (Å²) in [5.41, 5.74) is 7.07. The van der Waals surface area contributed by atoms with Gasteiger partial charge in [-0.15, -0.1) is 0 Å². The Bertz CT molecular complexity index is 503. The molecular weight excluding hydrogens is 252 g/mol. The Kier molecular flexibility index (Phi) is 2.59. The number of rotatable bonds is 2. The van der Waals surface area contributed by atoms with Crippen LogP contribution in [0, 0.1) is 30.6 Å². The summed E-state index contributed by atoms with van der Waals surface area (Å²) in [7, 11) is 0. The summed E-state index contributed by atoms with van der Waals surface area (Å²) in [6, 6.07) is 0.351. The summed E-state index contributed by atoms with van der Waals surface area (Å²) in [6.07, 6.45) is 6.65. The van der Waals surface area contributed by atoms with Gasteiger partial charge in [-0.05, 0) is 62.7 Å². The van der Waals surface area contributed by atoms with Crippen LogP contribution in [0.5, 0.6) is 0 Å². The smallest absolute Gasteiger partial charge is 0.257 e. The van der Waals surface area contributed by atoms with Gasteiger partial charge < -0.3 is 11.1 Å². The van der Waals surface area contributed by atoms with Crippen LogP contribution in [0.3, 0.4) is 0 Å². The predicted molar refractivity (Wildman–Crippen MR) is 76.0 cm³/mol. The van der Waals surface area contributed by atoms with Crippen molar-refractivity contribution >= 4 is 11.7 Å². The fraction of sp³-hybridized carbons (Fsp3) is 0.733. The second-order valence-electron chi connectivity index (χ2n) is 7.04. The van der Waals surface area contributed by atoms with Crippen LogP contribution in [0.15, 0.2) is 0 Å². The Hall–Kier alpha value is -1.52. The van der Waals surface area contributed by atoms with E-state index >= 15 is 0 Å². The third-order valence-electron chi connectivity index (χ3n) is 5.73. The van der Waals surface area contributed by atoms with Gasteiger partial charge >= 0.3 is 0 Å². The highest BCUT2D eigenvalue weighted by Gasteiger charge is 2.48. The Morgan fingerprint density at radius 2 is 1.80 bits per heavy atom. The quantitative estimate of drug-likeness (QED) is 0.769. The molecule has 1 aromatic rings. The number of hydrogen-bond donors (Lipinski definition) is 3. The number of aromatic nitrogens is 2. The Balaban J connectivity index is 1.53. The fourth-order valence-corrected chi connectivity index (χ4v) is 5.12. The lowest BCUT2D eigenvalue weighted by Gasteiger charge is -2.54. The van der Waals surface area contributed by atoms with Gasteiger partial charge in [0.2, 0.25) is 0 Å². The lowest BCUT2D eigenvalue weighted by Crippen LogP contribution is -2.55. The highest BCUT2D eigenvalue weighted by molar-refractivity contribution is 5.99. The molecule has 108 valence electrons. The molecule has 4 fully saturated rings. The van der Waals surface area contributed by atoms with Gasteiger partial charge in [0, 0.05) is 11.7 Å². The van der Waals surface area contributed by atoms with E-state index in [0.717, 1.165) is 17.5 Å². The van der Waals surface area contributed by atoms with Crippen molar-refractivity contribution in [2.24, 2.45) is 23.7 Å². The number of hydrogen-bond acceptors (Lipinski definition) is 3. The largest absolute Gasteiger partial charge is 0.382 e. The van der Waals surface area contributed by atoms with Crippen LogP contribution >= 0.6 is 0 Å². The predicted octanol–water partition coefficient (Wildman–Crippen LogP) is 1.85. The first-order valence-electron chi connectivity index (χ1n) is 7.73. The number of nitrogens with one attached hydrogen (secondary N) is 2. The first kappa shape index (κ1) is 12.2. The summed E-state index contributed by atoms with van der Waals surface area (Å²) in [5, 5.41) is 9.96. The molecule has 5 rings (SSSR count). The molecule has 0 aromatic carbocycles. The first-order chi connectivity index (χ1) is 9.61. The molecule has 5 nitrogen and oxygen atoms in total. The number of aryl methyl sites for hydroxylation is 1. The maximum absolute atomic E-state index is 12.5. The highest BCUT2D eigenvalue weighted by atomic mass is 16.1. The van der Waals surface area contributed by atoms with Gasteiger partial charge in [0.15, 0.2) is 5.82 Å². The van der Waals surface area contributed by atoms with Gasteiger partial charge in [-0.1, -0.05) is 0 Å². The number of nitrogens with zero attached hydrogens (tertiary/aromatic N) is 1. The van der Waals surface area contributed by atoms with Crippen LogP contribution < -0.4 is 11.1 Å². The second-order valence-corrected chi connectivity index (χ2v) is 7.04. The van der Waals surface area contributed by atoms with Crippen molar-refractivity contribution < 1.29 is 4.79 Å². The van der Waals surface area contributed by atoms with Crippen molar-refractivity contribution in [1.82, 2.24) is 15.5 Å². The van der Waals surface area contributed by atoms with E-state index in [1.165, 1.54) is 32.1 Å². The van der Waals surface area contributed by atoms with E-state index in [-0.39, 0.29) is 5.91 Å². The molecule has 0 spiro atoms. The fourth-order valence-electron chi connectivity index (χ4n) is 5.12. The second kappa shape index (κ2) is 4.24. The summed E-state index contributed by atoms with van der Waals surface area (Å²) in [5.74, 6) is 3.47. The number of anilines is 1. The van der Waals surface area contributed by atoms with Gasteiger partial charge in [-0.3, -0.25) is 9.89 Å². The maximum Gasteiger partial charge on any atom is 0.257 e. The van der Waals surface area contributed by atoms with Crippen LogP contribution in [0.1, 0.15) is 48.2 Å². The average Bonchev–Trinajstić information content (AvgIpc) is 2.72. The molecule has 4 aliphatic carbocycles. The van der Waals surface area contributed by atoms with Gasteiger partial charge in [-0.2, -0.15) is 5.10 Å². The number of nitrogen functional groups attached to an aromatic ring is 1. The number of carbonyl (C=O) groups is 1. The van der Waals surface area contributed by atoms with Gasteiger partial charge in [0.05, 0.1) is 0 Å². The van der Waals surface area contributed by atoms with Crippen molar-refractivity contribution in [1.29, 1.82) is 0 Å². The van der Waals surface area contributed by atoms with Gasteiger partial charge in [0.1, 0.15) is 5.56 Å². The van der Waals surface area contributed by atoms with E-state index in [9.17, 15) is 4.79 Å². The maximum atomic E-state index is 12.5. The zero-order chi connectivity index (χ0) is 13.9. The Morgan fingerprint density at radius 3 is 2.30 bits per heavy atom. The number of nitrogens with two attached hydrogens (primary N) is 1. The molecule has 1 aromatic heterocycles. The Labute approximate surface area is 118 Å². The van der Waals surface area contributed by atoms with E-state index in [1.807, 2.05) is 6.92 Å². The van der Waals surface area contributed by atoms with Crippen LogP contribution in [0.2, 0.25) is 0 Å². The summed E-state index contributed by atoms with van der Waals surface area (Å²) >= 11 is 0. The minimum Gasteiger partial charge on any atom is -0.382 e. The minimum atomic E-state index is -0.0498. The summed E-state index contributed by atoms with van der Waals surface area (Å²) < 4.78 is 0. The van der Waals surface area contributed by atoms with Gasteiger partial charge in [0.25, 0.3) is 5.91 Å². The molecule has 4 saturated carbocycles. The van der Waals surface area contributed by atoms with Crippen LogP contribution in [-0.2, 0) is 0 Å². The number of aromatic amines is 1. The van der Waals surface area contributed by atoms with Crippen molar-refractivity contribution in [3.63, 3.8) is 0 Å². The Morgan fingerprint density at radius 1 is 1.20 bits per heavy atom. The molecule has 4 bridgehead atoms. The molecule has 5 heteroatoms. The van der Waals surface area contributed by atoms with E-state index in [1.54, 1.807) is 0 Å². The molecule has 20 heavy (non-hydrogen) atoms. The van der Waals surface area contributed by atoms with E-state index in [0.29, 0.717) is 29.3 Å². The van der Waals surface area contributed by atoms with Crippen molar-refractivity contribution in [2.75, 3.05) is 5.73 Å². The first-order valence-corrected chi connectivity index (χ1v) is 7.73. The number of carbonyl (C=O) groups excluding carboxylic acids is 1. The lowest BCUT2D eigenvalue weighted by atomic mass is 9.54. The molecule has 0 unspecified atom stereocenters. The third-order valence-corrected chi connectivity index (χ3v) is 5.73. The molecule has 1 amide bonds. The van der Waals surface area contributed by atoms with Crippen molar-refractivity contribution in [2.45, 2.75) is 45.1 Å². The van der Waals surface area contributed by atoms with E-state index < -0.39 is 0 Å². The zero-order valence-electron chi connectivity index (χ0n) is 11.9. The standard InChI is InChI=1S/C15H22N4O/c1-7-12(14(16)19-18-7)15(20)17-13-10-3-8-2-9(5-10)6-11(13)4-8/h8-11,13H,2-6H2,1H3,(H,17,20)(H3,16,18,19). The van der Waals surface area contributed by atoms with Crippen LogP contribution in [0.4, 0.5) is 5.82 Å². The monoisotopic (exact) mass is 274 g/mol. The molecule has 0 atom stereocenters. The zero-order valence-corrected chi connectivity index (χ0v) is 11.9. The molecule has 0 saturated heterocycles. The molecule has 1 heterocycles. The topological polar surface area (TPSA) is 83.8 Å². The molecule has 4 N–H and O–H groups in total. The summed E-state index contributed by atoms with van der Waals surface area (Å²) in [6.45, 7) is 1.84. The summed E-state index contributed by atoms with van der Waals surface area (Å²) in [4.78, 5) is 12.5. The van der Waals surface area contributed by atoms with Crippen molar-refractivity contribution in [3.8, 4) is 0 Å². The van der Waals surface area contributed by atoms with Crippen molar-refractivity contribution in [3.05, 3.63) is 11.3 Å². The van der Waals surface area contributed by atoms with Crippen LogP contribution in [-0.4, -0.2) is 22.1 Å². The molecule has 0 aliphatic heterocycles. The normalized spacial score (nSPS) is 38.1. The van der Waals surface area contributed by atoms with E-state index in [2.05, 4.69) is 15.5 Å². The molecule has 0 radical (unpaired) electrons. The minimum absolute atomic E-state index is 0.0498.